The van der Waals surface area contributed by atoms with Gasteiger partial charge in [-0.1, -0.05) is 12.1 Å². The molecule has 0 saturated heterocycles. The molecule has 3 nitrogen and oxygen atoms in total. The van der Waals surface area contributed by atoms with Gasteiger partial charge in [-0.15, -0.1) is 0 Å². The molecule has 0 amide bonds. The molecular formula is C11H8FN3. The van der Waals surface area contributed by atoms with Gasteiger partial charge in [0.15, 0.2) is 0 Å². The Kier molecular flexibility index (Phi) is 2.22. The van der Waals surface area contributed by atoms with Crippen molar-refractivity contribution in [3.05, 3.63) is 42.0 Å². The van der Waals surface area contributed by atoms with E-state index < -0.39 is 0 Å². The van der Waals surface area contributed by atoms with Crippen molar-refractivity contribution in [2.75, 3.05) is 0 Å². The Balaban J connectivity index is 2.55. The molecule has 74 valence electrons. The molecule has 0 aliphatic carbocycles. The van der Waals surface area contributed by atoms with E-state index in [1.54, 1.807) is 25.4 Å². The average molecular weight is 201 g/mol. The minimum absolute atomic E-state index is 0.291. The third-order valence-electron chi connectivity index (χ3n) is 2.20. The number of aromatic nitrogens is 2. The maximum Gasteiger partial charge on any atom is 0.146 e. The molecule has 15 heavy (non-hydrogen) atoms. The van der Waals surface area contributed by atoms with Crippen LogP contribution < -0.4 is 0 Å². The van der Waals surface area contributed by atoms with Crippen molar-refractivity contribution in [3.63, 3.8) is 0 Å². The summed E-state index contributed by atoms with van der Waals surface area (Å²) in [6.07, 6.45) is 1.60. The summed E-state index contributed by atoms with van der Waals surface area (Å²) in [4.78, 5) is 0. The highest BCUT2D eigenvalue weighted by Crippen LogP contribution is 2.22. The van der Waals surface area contributed by atoms with Gasteiger partial charge in [0.05, 0.1) is 6.20 Å². The first-order valence-corrected chi connectivity index (χ1v) is 4.40. The van der Waals surface area contributed by atoms with Crippen molar-refractivity contribution < 1.29 is 4.39 Å². The monoisotopic (exact) mass is 201 g/mol. The zero-order valence-electron chi connectivity index (χ0n) is 8.11. The van der Waals surface area contributed by atoms with E-state index in [-0.39, 0.29) is 5.82 Å². The molecule has 0 bridgehead atoms. The summed E-state index contributed by atoms with van der Waals surface area (Å²) < 4.78 is 14.2. The van der Waals surface area contributed by atoms with Crippen molar-refractivity contribution in [3.8, 4) is 17.2 Å². The van der Waals surface area contributed by atoms with Crippen LogP contribution in [-0.4, -0.2) is 9.78 Å². The fraction of sp³-hybridized carbons (Fsp3) is 0.0909. The maximum absolute atomic E-state index is 12.7. The highest BCUT2D eigenvalue weighted by molar-refractivity contribution is 5.68. The Bertz CT molecular complexity index is 520. The molecular weight excluding hydrogens is 193 g/mol. The lowest BCUT2D eigenvalue weighted by Crippen LogP contribution is -1.93. The first-order chi connectivity index (χ1) is 7.22. The van der Waals surface area contributed by atoms with Crippen molar-refractivity contribution in [2.24, 2.45) is 7.05 Å². The van der Waals surface area contributed by atoms with Crippen LogP contribution in [0.25, 0.3) is 11.1 Å². The Morgan fingerprint density at radius 2 is 2.00 bits per heavy atom. The molecule has 0 spiro atoms. The van der Waals surface area contributed by atoms with Gasteiger partial charge in [0.1, 0.15) is 17.6 Å². The van der Waals surface area contributed by atoms with Gasteiger partial charge in [-0.3, -0.25) is 4.68 Å². The molecule has 0 radical (unpaired) electrons. The molecule has 0 unspecified atom stereocenters. The van der Waals surface area contributed by atoms with Crippen LogP contribution in [-0.2, 0) is 7.05 Å². The maximum atomic E-state index is 12.7. The van der Waals surface area contributed by atoms with Crippen molar-refractivity contribution in [2.45, 2.75) is 0 Å². The standard InChI is InChI=1S/C11H8FN3/c1-15-11(6-13)10(7-14-15)8-2-4-9(12)5-3-8/h2-5,7H,1H3. The van der Waals surface area contributed by atoms with Crippen LogP contribution in [0.15, 0.2) is 30.5 Å². The van der Waals surface area contributed by atoms with E-state index in [1.165, 1.54) is 16.8 Å². The summed E-state index contributed by atoms with van der Waals surface area (Å²) in [5.74, 6) is -0.291. The van der Waals surface area contributed by atoms with Crippen molar-refractivity contribution >= 4 is 0 Å². The van der Waals surface area contributed by atoms with E-state index in [1.807, 2.05) is 0 Å². The largest absolute Gasteiger partial charge is 0.257 e. The molecule has 4 heteroatoms. The first-order valence-electron chi connectivity index (χ1n) is 4.40. The second-order valence-corrected chi connectivity index (χ2v) is 3.15. The van der Waals surface area contributed by atoms with Crippen molar-refractivity contribution in [1.29, 1.82) is 5.26 Å². The normalized spacial score (nSPS) is 9.93. The van der Waals surface area contributed by atoms with E-state index in [4.69, 9.17) is 5.26 Å². The molecule has 0 atom stereocenters. The predicted molar refractivity (Wildman–Crippen MR) is 53.3 cm³/mol. The Hall–Kier alpha value is -2.15. The molecule has 2 rings (SSSR count). The summed E-state index contributed by atoms with van der Waals surface area (Å²) in [7, 11) is 1.70. The van der Waals surface area contributed by atoms with Crippen LogP contribution in [0.2, 0.25) is 0 Å². The van der Waals surface area contributed by atoms with E-state index in [9.17, 15) is 4.39 Å². The van der Waals surface area contributed by atoms with E-state index in [0.29, 0.717) is 5.69 Å². The van der Waals surface area contributed by atoms with Gasteiger partial charge in [-0.2, -0.15) is 10.4 Å². The Morgan fingerprint density at radius 1 is 1.33 bits per heavy atom. The van der Waals surface area contributed by atoms with Gasteiger partial charge in [0.25, 0.3) is 0 Å². The quantitative estimate of drug-likeness (QED) is 0.709. The summed E-state index contributed by atoms with van der Waals surface area (Å²) >= 11 is 0. The SMILES string of the molecule is Cn1ncc(-c2ccc(F)cc2)c1C#N. The molecule has 0 fully saturated rings. The highest BCUT2D eigenvalue weighted by Gasteiger charge is 2.09. The topological polar surface area (TPSA) is 41.6 Å². The third kappa shape index (κ3) is 1.59. The van der Waals surface area contributed by atoms with Crippen LogP contribution in [0.5, 0.6) is 0 Å². The minimum atomic E-state index is -0.291. The second kappa shape index (κ2) is 3.54. The van der Waals surface area contributed by atoms with Gasteiger partial charge < -0.3 is 0 Å². The predicted octanol–water partition coefficient (Wildman–Crippen LogP) is 2.10. The van der Waals surface area contributed by atoms with E-state index >= 15 is 0 Å². The van der Waals surface area contributed by atoms with E-state index in [2.05, 4.69) is 11.2 Å². The Labute approximate surface area is 86.4 Å². The smallest absolute Gasteiger partial charge is 0.146 e. The fourth-order valence-corrected chi connectivity index (χ4v) is 1.41. The number of hydrogen-bond acceptors (Lipinski definition) is 2. The number of nitriles is 1. The summed E-state index contributed by atoms with van der Waals surface area (Å²) in [6.45, 7) is 0. The number of benzene rings is 1. The Morgan fingerprint density at radius 3 is 2.60 bits per heavy atom. The minimum Gasteiger partial charge on any atom is -0.257 e. The first kappa shape index (κ1) is 9.41. The highest BCUT2D eigenvalue weighted by atomic mass is 19.1. The molecule has 1 aromatic carbocycles. The van der Waals surface area contributed by atoms with Gasteiger partial charge in [-0.05, 0) is 17.7 Å². The number of halogens is 1. The number of hydrogen-bond donors (Lipinski definition) is 0. The second-order valence-electron chi connectivity index (χ2n) is 3.15. The summed E-state index contributed by atoms with van der Waals surface area (Å²) in [6, 6.07) is 8.06. The molecule has 1 heterocycles. The lowest BCUT2D eigenvalue weighted by Gasteiger charge is -1.98. The van der Waals surface area contributed by atoms with Crippen LogP contribution in [0.1, 0.15) is 5.69 Å². The molecule has 2 aromatic rings. The van der Waals surface area contributed by atoms with Gasteiger partial charge in [0, 0.05) is 12.6 Å². The van der Waals surface area contributed by atoms with Gasteiger partial charge >= 0.3 is 0 Å². The molecule has 0 aliphatic heterocycles. The number of aryl methyl sites for hydroxylation is 1. The molecule has 1 aromatic heterocycles. The summed E-state index contributed by atoms with van der Waals surface area (Å²) in [5, 5.41) is 12.9. The molecule has 0 aliphatic rings. The van der Waals surface area contributed by atoms with Gasteiger partial charge in [0.2, 0.25) is 0 Å². The lowest BCUT2D eigenvalue weighted by atomic mass is 10.1. The van der Waals surface area contributed by atoms with Crippen LogP contribution >= 0.6 is 0 Å². The van der Waals surface area contributed by atoms with Crippen LogP contribution in [0, 0.1) is 17.1 Å². The van der Waals surface area contributed by atoms with Crippen LogP contribution in [0.4, 0.5) is 4.39 Å². The third-order valence-corrected chi connectivity index (χ3v) is 2.20. The number of rotatable bonds is 1. The average Bonchev–Trinajstić information content (AvgIpc) is 2.61. The zero-order valence-corrected chi connectivity index (χ0v) is 8.11. The summed E-state index contributed by atoms with van der Waals surface area (Å²) in [5.41, 5.74) is 1.99. The zero-order chi connectivity index (χ0) is 10.8. The van der Waals surface area contributed by atoms with Gasteiger partial charge in [-0.25, -0.2) is 4.39 Å². The molecule has 0 N–H and O–H groups in total. The fourth-order valence-electron chi connectivity index (χ4n) is 1.41. The molecule has 0 saturated carbocycles. The van der Waals surface area contributed by atoms with Crippen LogP contribution in [0.3, 0.4) is 0 Å². The number of nitrogens with zero attached hydrogens (tertiary/aromatic N) is 3. The lowest BCUT2D eigenvalue weighted by molar-refractivity contribution is 0.628. The van der Waals surface area contributed by atoms with E-state index in [0.717, 1.165) is 11.1 Å². The van der Waals surface area contributed by atoms with Crippen molar-refractivity contribution in [1.82, 2.24) is 9.78 Å².